The Hall–Kier alpha value is -3.57. The molecule has 0 N–H and O–H groups in total. The number of carbonyl (C=O) groups is 2. The summed E-state index contributed by atoms with van der Waals surface area (Å²) < 4.78 is 12.1. The van der Waals surface area contributed by atoms with Crippen LogP contribution in [-0.4, -0.2) is 25.1 Å². The average molecular weight is 571 g/mol. The maximum absolute atomic E-state index is 11.0. The Labute approximate surface area is 250 Å². The first-order valence-electron chi connectivity index (χ1n) is 14.6. The van der Waals surface area contributed by atoms with Crippen molar-refractivity contribution in [1.82, 2.24) is 0 Å². The Kier molecular flexibility index (Phi) is 14.0. The van der Waals surface area contributed by atoms with Gasteiger partial charge in [0.05, 0.1) is 7.11 Å². The van der Waals surface area contributed by atoms with Gasteiger partial charge in [0, 0.05) is 22.3 Å². The van der Waals surface area contributed by atoms with Gasteiger partial charge in [0.2, 0.25) is 0 Å². The third-order valence-electron chi connectivity index (χ3n) is 6.99. The van der Waals surface area contributed by atoms with E-state index in [-0.39, 0.29) is 5.44 Å². The molecule has 3 rings (SSSR count). The minimum atomic E-state index is -0.227. The summed E-state index contributed by atoms with van der Waals surface area (Å²) in [5.74, 6) is 1.44. The van der Waals surface area contributed by atoms with Crippen LogP contribution in [0.5, 0.6) is 11.5 Å². The quantitative estimate of drug-likeness (QED) is 0.0544. The van der Waals surface area contributed by atoms with Gasteiger partial charge in [-0.2, -0.15) is 0 Å². The van der Waals surface area contributed by atoms with E-state index < -0.39 is 0 Å². The monoisotopic (exact) mass is 570 g/mol. The number of unbranched alkanes of at least 4 members (excludes halogenated alkanes) is 7. The molecule has 0 saturated carbocycles. The molecule has 0 radical (unpaired) electrons. The summed E-state index contributed by atoms with van der Waals surface area (Å²) in [5.41, 5.74) is 4.77. The van der Waals surface area contributed by atoms with Crippen LogP contribution in [-0.2, 0) is 0 Å². The van der Waals surface area contributed by atoms with E-state index in [1.807, 2.05) is 60.7 Å². The number of benzene rings is 3. The molecule has 3 aromatic carbocycles. The lowest BCUT2D eigenvalue weighted by molar-refractivity contribution is 0.111. The molecule has 0 amide bonds. The fraction of sp³-hybridized carbons (Fsp3) is 0.333. The van der Waals surface area contributed by atoms with Crippen LogP contribution in [0.2, 0.25) is 0 Å². The molecule has 216 valence electrons. The van der Waals surface area contributed by atoms with Crippen molar-refractivity contribution in [3.05, 3.63) is 94.0 Å². The van der Waals surface area contributed by atoms with Gasteiger partial charge in [-0.1, -0.05) is 125 Å². The Morgan fingerprint density at radius 2 is 1.07 bits per heavy atom. The molecule has 41 heavy (non-hydrogen) atoms. The number of ether oxygens (including phenoxy) is 2. The zero-order valence-electron chi connectivity index (χ0n) is 24.3. The predicted molar refractivity (Wildman–Crippen MR) is 175 cm³/mol. The molecule has 0 spiro atoms. The lowest BCUT2D eigenvalue weighted by atomic mass is 10.0. The summed E-state index contributed by atoms with van der Waals surface area (Å²) in [7, 11) is 1.65. The largest absolute Gasteiger partial charge is 0.496 e. The van der Waals surface area contributed by atoms with Crippen molar-refractivity contribution in [3.8, 4) is 11.5 Å². The first-order valence-corrected chi connectivity index (χ1v) is 15.1. The van der Waals surface area contributed by atoms with Crippen LogP contribution < -0.4 is 9.47 Å². The van der Waals surface area contributed by atoms with Crippen LogP contribution >= 0.6 is 12.6 Å². The Bertz CT molecular complexity index is 1280. The molecule has 0 heterocycles. The molecule has 0 bridgehead atoms. The number of aldehydes is 2. The number of thiol groups is 1. The Morgan fingerprint density at radius 3 is 1.56 bits per heavy atom. The highest BCUT2D eigenvalue weighted by molar-refractivity contribution is 7.80. The summed E-state index contributed by atoms with van der Waals surface area (Å²) in [6.45, 7) is 2.25. The van der Waals surface area contributed by atoms with E-state index >= 15 is 0 Å². The maximum Gasteiger partial charge on any atom is 0.150 e. The number of rotatable bonds is 18. The van der Waals surface area contributed by atoms with E-state index in [1.54, 1.807) is 31.4 Å². The van der Waals surface area contributed by atoms with E-state index in [0.717, 1.165) is 53.4 Å². The van der Waals surface area contributed by atoms with Crippen molar-refractivity contribution in [2.45, 2.75) is 70.1 Å². The molecule has 0 aromatic heterocycles. The van der Waals surface area contributed by atoms with Gasteiger partial charge in [0.25, 0.3) is 0 Å². The molecule has 3 aromatic rings. The van der Waals surface area contributed by atoms with Crippen LogP contribution in [0, 0.1) is 0 Å². The van der Waals surface area contributed by atoms with Gasteiger partial charge < -0.3 is 9.47 Å². The Balaban J connectivity index is 1.77. The lowest BCUT2D eigenvalue weighted by Gasteiger charge is -2.18. The van der Waals surface area contributed by atoms with Gasteiger partial charge in [-0.25, -0.2) is 0 Å². The first kappa shape index (κ1) is 32.0. The van der Waals surface area contributed by atoms with Crippen LogP contribution in [0.1, 0.15) is 108 Å². The fourth-order valence-corrected chi connectivity index (χ4v) is 4.83. The van der Waals surface area contributed by atoms with E-state index in [4.69, 9.17) is 22.1 Å². The molecule has 1 atom stereocenters. The van der Waals surface area contributed by atoms with Gasteiger partial charge in [-0.3, -0.25) is 9.59 Å². The molecular formula is C36H42O4S. The number of methoxy groups -OCH3 is 1. The number of hydrogen-bond acceptors (Lipinski definition) is 5. The zero-order valence-corrected chi connectivity index (χ0v) is 25.2. The van der Waals surface area contributed by atoms with E-state index in [1.165, 1.54) is 44.9 Å². The molecule has 5 heteroatoms. The Morgan fingerprint density at radius 1 is 0.634 bits per heavy atom. The maximum atomic E-state index is 11.0. The molecule has 0 aliphatic rings. The second-order valence-corrected chi connectivity index (χ2v) is 10.8. The summed E-state index contributed by atoms with van der Waals surface area (Å²) >= 11 is 4.77. The second-order valence-electron chi connectivity index (χ2n) is 10.2. The first-order chi connectivity index (χ1) is 20.1. The minimum absolute atomic E-state index is 0.227. The smallest absolute Gasteiger partial charge is 0.150 e. The van der Waals surface area contributed by atoms with Gasteiger partial charge in [-0.15, -0.1) is 12.6 Å². The van der Waals surface area contributed by atoms with E-state index in [0.29, 0.717) is 16.9 Å². The van der Waals surface area contributed by atoms with Gasteiger partial charge in [0.15, 0.2) is 0 Å². The number of carbonyl (C=O) groups excluding carboxylic acids is 2. The average Bonchev–Trinajstić information content (AvgIpc) is 3.01. The third-order valence-corrected chi connectivity index (χ3v) is 7.35. The predicted octanol–water partition coefficient (Wildman–Crippen LogP) is 9.83. The van der Waals surface area contributed by atoms with Crippen LogP contribution in [0.3, 0.4) is 0 Å². The van der Waals surface area contributed by atoms with Crippen molar-refractivity contribution in [3.63, 3.8) is 0 Å². The van der Waals surface area contributed by atoms with Crippen LogP contribution in [0.25, 0.3) is 24.3 Å². The van der Waals surface area contributed by atoms with Crippen LogP contribution in [0.15, 0.2) is 60.7 Å². The van der Waals surface area contributed by atoms with Crippen molar-refractivity contribution in [2.24, 2.45) is 0 Å². The standard InChI is InChI=1S/C36H42O4S/c1-3-4-5-6-7-8-9-10-11-36(41)40-35-25-32(22-20-28-12-16-30(26-37)17-13-28)34(39-2)24-33(35)23-21-29-14-18-31(27-38)19-15-29/h12-27,36,41H,3-11H2,1-2H3/b22-20+,23-21+. The van der Waals surface area contributed by atoms with Gasteiger partial charge in [0.1, 0.15) is 29.5 Å². The highest BCUT2D eigenvalue weighted by Gasteiger charge is 2.13. The number of hydrogen-bond donors (Lipinski definition) is 1. The molecule has 1 unspecified atom stereocenters. The molecular weight excluding hydrogens is 528 g/mol. The molecule has 0 fully saturated rings. The molecule has 0 saturated heterocycles. The lowest BCUT2D eigenvalue weighted by Crippen LogP contribution is -2.10. The highest BCUT2D eigenvalue weighted by atomic mass is 32.1. The van der Waals surface area contributed by atoms with Crippen molar-refractivity contribution < 1.29 is 19.1 Å². The fourth-order valence-electron chi connectivity index (χ4n) is 4.53. The minimum Gasteiger partial charge on any atom is -0.496 e. The SMILES string of the molecule is CCCCCCCCCCC(S)Oc1cc(/C=C/c2ccc(C=O)cc2)c(OC)cc1/C=C/c1ccc(C=O)cc1. The van der Waals surface area contributed by atoms with Gasteiger partial charge >= 0.3 is 0 Å². The second kappa shape index (κ2) is 18.0. The summed E-state index contributed by atoms with van der Waals surface area (Å²) in [5, 5.41) is 0. The summed E-state index contributed by atoms with van der Waals surface area (Å²) in [6, 6.07) is 18.8. The molecule has 0 aliphatic heterocycles. The molecule has 4 nitrogen and oxygen atoms in total. The van der Waals surface area contributed by atoms with Crippen LogP contribution in [0.4, 0.5) is 0 Å². The van der Waals surface area contributed by atoms with E-state index in [2.05, 4.69) is 6.92 Å². The normalized spacial score (nSPS) is 12.1. The zero-order chi connectivity index (χ0) is 29.3. The summed E-state index contributed by atoms with van der Waals surface area (Å²) in [4.78, 5) is 22.0. The highest BCUT2D eigenvalue weighted by Crippen LogP contribution is 2.33. The third kappa shape index (κ3) is 11.1. The van der Waals surface area contributed by atoms with Crippen molar-refractivity contribution in [1.29, 1.82) is 0 Å². The van der Waals surface area contributed by atoms with Gasteiger partial charge in [-0.05, 0) is 36.1 Å². The topological polar surface area (TPSA) is 52.6 Å². The molecule has 0 aliphatic carbocycles. The van der Waals surface area contributed by atoms with E-state index in [9.17, 15) is 9.59 Å². The van der Waals surface area contributed by atoms with Crippen molar-refractivity contribution >= 4 is 49.5 Å². The van der Waals surface area contributed by atoms with Crippen molar-refractivity contribution in [2.75, 3.05) is 7.11 Å². The summed E-state index contributed by atoms with van der Waals surface area (Å²) in [6.07, 6.45) is 20.6.